The Morgan fingerprint density at radius 1 is 1.20 bits per heavy atom. The molecule has 0 aromatic heterocycles. The molecule has 162 valence electrons. The van der Waals surface area contributed by atoms with E-state index in [-0.39, 0.29) is 23.8 Å². The lowest BCUT2D eigenvalue weighted by atomic mass is 9.39. The topological polar surface area (TPSA) is 96.5 Å². The summed E-state index contributed by atoms with van der Waals surface area (Å²) in [4.78, 5) is 36.1. The number of ether oxygens (including phenoxy) is 1. The van der Waals surface area contributed by atoms with Crippen LogP contribution in [0.25, 0.3) is 0 Å². The molecule has 3 amide bonds. The Balaban J connectivity index is 1.17. The van der Waals surface area contributed by atoms with Crippen LogP contribution in [0.3, 0.4) is 0 Å². The monoisotopic (exact) mass is 445 g/mol. The van der Waals surface area contributed by atoms with Crippen molar-refractivity contribution in [3.63, 3.8) is 0 Å². The lowest BCUT2D eigenvalue weighted by Crippen LogP contribution is -2.79. The largest absolute Gasteiger partial charge is 0.484 e. The second kappa shape index (κ2) is 7.33. The minimum atomic E-state index is -2.54. The zero-order chi connectivity index (χ0) is 21.7. The van der Waals surface area contributed by atoms with Crippen molar-refractivity contribution in [3.8, 4) is 5.75 Å². The Kier molecular flexibility index (Phi) is 5.08. The molecule has 3 N–H and O–H groups in total. The van der Waals surface area contributed by atoms with E-state index in [1.54, 1.807) is 0 Å². The molecule has 2 atom stereocenters. The molecule has 30 heavy (non-hydrogen) atoms. The van der Waals surface area contributed by atoms with Crippen LogP contribution in [0.4, 0.5) is 13.2 Å². The molecule has 1 aromatic carbocycles. The molecule has 4 aliphatic rings. The number of hydrogen-bond donors (Lipinski definition) is 3. The number of hydrazine groups is 1. The molecule has 4 saturated carbocycles. The number of hydrogen-bond acceptors (Lipinski definition) is 4. The van der Waals surface area contributed by atoms with Crippen LogP contribution < -0.4 is 20.9 Å². The van der Waals surface area contributed by atoms with Gasteiger partial charge < -0.3 is 10.1 Å². The number of benzene rings is 1. The van der Waals surface area contributed by atoms with Crippen LogP contribution >= 0.6 is 11.6 Å². The first-order valence-corrected chi connectivity index (χ1v) is 9.78. The van der Waals surface area contributed by atoms with Gasteiger partial charge in [-0.05, 0) is 37.8 Å². The molecule has 11 heteroatoms. The summed E-state index contributed by atoms with van der Waals surface area (Å²) in [5.41, 5.74) is 3.34. The summed E-state index contributed by atoms with van der Waals surface area (Å²) in [6, 6.07) is 3.84. The van der Waals surface area contributed by atoms with E-state index >= 15 is 0 Å². The molecule has 2 unspecified atom stereocenters. The molecule has 0 spiro atoms. The van der Waals surface area contributed by atoms with Gasteiger partial charge in [0.05, 0.1) is 10.4 Å². The first-order valence-electron chi connectivity index (χ1n) is 9.40. The standard InChI is InChI=1S/C19H19ClF3N3O4/c20-12-2-1-9(3-13(12)21)30-5-14(27)24-19-6-18(7-19,8-19)17(29)26-25-16(28)11-4-10(11)15(22)23/h1-3,10-11,15H,4-8H2,(H,24,27)(H,25,28)(H,26,29). The van der Waals surface area contributed by atoms with Gasteiger partial charge in [-0.15, -0.1) is 0 Å². The molecule has 0 saturated heterocycles. The normalized spacial score (nSPS) is 30.6. The maximum absolute atomic E-state index is 13.4. The molecule has 0 radical (unpaired) electrons. The van der Waals surface area contributed by atoms with Crippen molar-refractivity contribution in [3.05, 3.63) is 29.0 Å². The zero-order valence-corrected chi connectivity index (χ0v) is 16.4. The maximum atomic E-state index is 13.4. The lowest BCUT2D eigenvalue weighted by molar-refractivity contribution is -0.185. The molecule has 0 heterocycles. The summed E-state index contributed by atoms with van der Waals surface area (Å²) in [7, 11) is 0. The van der Waals surface area contributed by atoms with E-state index in [1.165, 1.54) is 12.1 Å². The summed E-state index contributed by atoms with van der Waals surface area (Å²) < 4.78 is 43.6. The number of halogens is 4. The van der Waals surface area contributed by atoms with Crippen LogP contribution in [-0.2, 0) is 14.4 Å². The maximum Gasteiger partial charge on any atom is 0.258 e. The van der Waals surface area contributed by atoms with Crippen molar-refractivity contribution >= 4 is 29.3 Å². The molecule has 4 fully saturated rings. The zero-order valence-electron chi connectivity index (χ0n) is 15.6. The number of rotatable bonds is 7. The summed E-state index contributed by atoms with van der Waals surface area (Å²) >= 11 is 5.58. The molecular formula is C19H19ClF3N3O4. The Labute approximate surface area is 174 Å². The summed E-state index contributed by atoms with van der Waals surface area (Å²) in [6.45, 7) is -0.315. The van der Waals surface area contributed by atoms with Crippen LogP contribution in [0.5, 0.6) is 5.75 Å². The van der Waals surface area contributed by atoms with E-state index in [0.717, 1.165) is 6.07 Å². The molecule has 5 rings (SSSR count). The predicted molar refractivity (Wildman–Crippen MR) is 97.9 cm³/mol. The van der Waals surface area contributed by atoms with Crippen molar-refractivity contribution in [2.24, 2.45) is 17.3 Å². The Morgan fingerprint density at radius 3 is 2.50 bits per heavy atom. The lowest BCUT2D eigenvalue weighted by Gasteiger charge is -2.68. The molecule has 0 aliphatic heterocycles. The van der Waals surface area contributed by atoms with Crippen LogP contribution in [0.2, 0.25) is 5.02 Å². The fourth-order valence-corrected chi connectivity index (χ4v) is 4.46. The van der Waals surface area contributed by atoms with Gasteiger partial charge in [0, 0.05) is 23.4 Å². The van der Waals surface area contributed by atoms with E-state index in [1.807, 2.05) is 0 Å². The van der Waals surface area contributed by atoms with Gasteiger partial charge in [0.1, 0.15) is 11.6 Å². The Hall–Kier alpha value is -2.49. The highest BCUT2D eigenvalue weighted by molar-refractivity contribution is 6.30. The van der Waals surface area contributed by atoms with E-state index in [2.05, 4.69) is 16.2 Å². The summed E-state index contributed by atoms with van der Waals surface area (Å²) in [5, 5.41) is 2.76. The molecule has 7 nitrogen and oxygen atoms in total. The van der Waals surface area contributed by atoms with Crippen molar-refractivity contribution in [2.75, 3.05) is 6.61 Å². The van der Waals surface area contributed by atoms with Crippen molar-refractivity contribution in [1.82, 2.24) is 16.2 Å². The summed E-state index contributed by atoms with van der Waals surface area (Å²) in [6.07, 6.45) is -1.20. The minimum absolute atomic E-state index is 0.0496. The second-order valence-corrected chi connectivity index (χ2v) is 8.69. The number of nitrogens with one attached hydrogen (secondary N) is 3. The van der Waals surface area contributed by atoms with Gasteiger partial charge in [-0.2, -0.15) is 0 Å². The third kappa shape index (κ3) is 3.80. The van der Waals surface area contributed by atoms with Gasteiger partial charge in [0.2, 0.25) is 18.2 Å². The van der Waals surface area contributed by atoms with Gasteiger partial charge in [-0.3, -0.25) is 25.2 Å². The molecule has 1 aromatic rings. The van der Waals surface area contributed by atoms with E-state index < -0.39 is 52.8 Å². The minimum Gasteiger partial charge on any atom is -0.484 e. The predicted octanol–water partition coefficient (Wildman–Crippen LogP) is 1.95. The fraction of sp³-hybridized carbons (Fsp3) is 0.526. The SMILES string of the molecule is O=C(COc1ccc(Cl)c(F)c1)NC12CC(C(=O)NNC(=O)C3CC3C(F)F)(C1)C2. The van der Waals surface area contributed by atoms with Gasteiger partial charge in [0.15, 0.2) is 6.61 Å². The Bertz CT molecular complexity index is 893. The molecule has 4 aliphatic carbocycles. The average molecular weight is 446 g/mol. The molecule has 2 bridgehead atoms. The van der Waals surface area contributed by atoms with Crippen molar-refractivity contribution < 1.29 is 32.3 Å². The van der Waals surface area contributed by atoms with E-state index in [4.69, 9.17) is 16.3 Å². The number of carbonyl (C=O) groups excluding carboxylic acids is 3. The first-order chi connectivity index (χ1) is 14.1. The van der Waals surface area contributed by atoms with Crippen LogP contribution in [0, 0.1) is 23.1 Å². The Morgan fingerprint density at radius 2 is 1.90 bits per heavy atom. The third-order valence-electron chi connectivity index (χ3n) is 5.98. The quantitative estimate of drug-likeness (QED) is 0.559. The summed E-state index contributed by atoms with van der Waals surface area (Å²) in [5.74, 6) is -3.60. The third-order valence-corrected chi connectivity index (χ3v) is 6.28. The van der Waals surface area contributed by atoms with Crippen molar-refractivity contribution in [1.29, 1.82) is 0 Å². The smallest absolute Gasteiger partial charge is 0.258 e. The molecular weight excluding hydrogens is 427 g/mol. The number of alkyl halides is 2. The first kappa shape index (κ1) is 20.8. The van der Waals surface area contributed by atoms with Gasteiger partial charge in [0.25, 0.3) is 5.91 Å². The average Bonchev–Trinajstić information content (AvgIpc) is 3.43. The van der Waals surface area contributed by atoms with Gasteiger partial charge in [-0.25, -0.2) is 13.2 Å². The highest BCUT2D eigenvalue weighted by atomic mass is 35.5. The number of carbonyl (C=O) groups is 3. The fourth-order valence-electron chi connectivity index (χ4n) is 4.35. The van der Waals surface area contributed by atoms with E-state index in [9.17, 15) is 27.6 Å². The highest BCUT2D eigenvalue weighted by Gasteiger charge is 2.72. The van der Waals surface area contributed by atoms with Crippen LogP contribution in [-0.4, -0.2) is 36.3 Å². The van der Waals surface area contributed by atoms with Crippen LogP contribution in [0.1, 0.15) is 25.7 Å². The van der Waals surface area contributed by atoms with Crippen LogP contribution in [0.15, 0.2) is 18.2 Å². The number of amides is 3. The second-order valence-electron chi connectivity index (χ2n) is 8.29. The van der Waals surface area contributed by atoms with Crippen molar-refractivity contribution in [2.45, 2.75) is 37.6 Å². The highest BCUT2D eigenvalue weighted by Crippen LogP contribution is 2.67. The van der Waals surface area contributed by atoms with E-state index in [0.29, 0.717) is 19.3 Å². The van der Waals surface area contributed by atoms with Gasteiger partial charge >= 0.3 is 0 Å². The van der Waals surface area contributed by atoms with Gasteiger partial charge in [-0.1, -0.05) is 11.6 Å².